The number of nitrogens with one attached hydrogen (secondary N) is 2. The normalized spacial score (nSPS) is 20.7. The molecule has 8 rings (SSSR count). The highest BCUT2D eigenvalue weighted by Gasteiger charge is 2.53. The Morgan fingerprint density at radius 1 is 0.985 bits per heavy atom. The van der Waals surface area contributed by atoms with Crippen LogP contribution in [-0.4, -0.2) is 115 Å². The summed E-state index contributed by atoms with van der Waals surface area (Å²) in [6, 6.07) is 3.75. The Morgan fingerprint density at radius 2 is 1.71 bits per heavy atom. The second-order valence-electron chi connectivity index (χ2n) is 19.6. The Bertz CT molecular complexity index is 2430. The number of allylic oxidation sites excluding steroid dienone is 3. The van der Waals surface area contributed by atoms with Gasteiger partial charge in [-0.15, -0.1) is 21.5 Å². The number of hydrogen-bond donors (Lipinski definition) is 3. The van der Waals surface area contributed by atoms with Crippen molar-refractivity contribution in [2.75, 3.05) is 32.8 Å². The van der Waals surface area contributed by atoms with Gasteiger partial charge in [0.25, 0.3) is 11.7 Å². The van der Waals surface area contributed by atoms with E-state index >= 15 is 0 Å². The van der Waals surface area contributed by atoms with Crippen LogP contribution in [0.25, 0.3) is 10.4 Å². The molecule has 5 aliphatic rings. The summed E-state index contributed by atoms with van der Waals surface area (Å²) in [5, 5.41) is 27.5. The maximum atomic E-state index is 14.6. The van der Waals surface area contributed by atoms with Gasteiger partial charge in [0.15, 0.2) is 11.5 Å². The number of unbranched alkanes of at least 4 members (excludes halogenated alkanes) is 4. The Kier molecular flexibility index (Phi) is 14.7. The molecule has 3 aromatic rings. The highest BCUT2D eigenvalue weighted by Crippen LogP contribution is 2.41. The fourth-order valence-corrected chi connectivity index (χ4v) is 10.00. The first-order valence-corrected chi connectivity index (χ1v) is 24.6. The minimum atomic E-state index is -4.62. The maximum Gasteiger partial charge on any atom is 0.453 e. The van der Waals surface area contributed by atoms with Gasteiger partial charge >= 0.3 is 6.18 Å². The van der Waals surface area contributed by atoms with Crippen molar-refractivity contribution in [1.29, 1.82) is 0 Å². The van der Waals surface area contributed by atoms with Crippen LogP contribution in [0.3, 0.4) is 0 Å². The Labute approximate surface area is 397 Å². The number of alkyl halides is 4. The summed E-state index contributed by atoms with van der Waals surface area (Å²) in [5.74, 6) is -0.179. The molecule has 3 N–H and O–H groups in total. The lowest BCUT2D eigenvalue weighted by Gasteiger charge is -2.37. The molecule has 3 atom stereocenters. The number of aliphatic hydroxyl groups excluding tert-OH is 1. The summed E-state index contributed by atoms with van der Waals surface area (Å²) < 4.78 is 68.3. The van der Waals surface area contributed by atoms with Crippen LogP contribution in [0.2, 0.25) is 0 Å². The molecule has 3 aliphatic heterocycles. The van der Waals surface area contributed by atoms with E-state index < -0.39 is 59.0 Å². The summed E-state index contributed by atoms with van der Waals surface area (Å²) in [5.41, 5.74) is 2.82. The summed E-state index contributed by atoms with van der Waals surface area (Å²) in [6.45, 7) is 9.73. The van der Waals surface area contributed by atoms with E-state index in [2.05, 4.69) is 41.9 Å². The second kappa shape index (κ2) is 20.3. The van der Waals surface area contributed by atoms with Gasteiger partial charge in [0.1, 0.15) is 29.4 Å². The van der Waals surface area contributed by atoms with Gasteiger partial charge in [-0.3, -0.25) is 14.4 Å². The molecule has 5 heterocycles. The number of carbonyl (C=O) groups excluding carboxylic acids is 3. The van der Waals surface area contributed by atoms with Crippen LogP contribution in [0.4, 0.5) is 17.6 Å². The van der Waals surface area contributed by atoms with E-state index in [1.54, 1.807) is 26.3 Å². The molecule has 2 aliphatic carbocycles. The first-order valence-electron chi connectivity index (χ1n) is 23.7. The minimum absolute atomic E-state index is 0.0265. The molecular weight excluding hydrogens is 907 g/mol. The van der Waals surface area contributed by atoms with Gasteiger partial charge in [-0.2, -0.15) is 22.9 Å². The number of nitrogens with zero attached hydrogens (tertiary/aromatic N) is 7. The molecule has 368 valence electrons. The first-order chi connectivity index (χ1) is 32.4. The Morgan fingerprint density at radius 3 is 2.35 bits per heavy atom. The molecule has 3 amide bonds. The number of hydrogen-bond acceptors (Lipinski definition) is 12. The van der Waals surface area contributed by atoms with Crippen LogP contribution in [0, 0.1) is 18.3 Å². The average molecular weight is 968 g/mol. The van der Waals surface area contributed by atoms with Crippen LogP contribution in [-0.2, 0) is 38.3 Å². The fourth-order valence-electron chi connectivity index (χ4n) is 9.20. The third-order valence-electron chi connectivity index (χ3n) is 13.4. The van der Waals surface area contributed by atoms with Crippen LogP contribution < -0.4 is 15.4 Å². The molecular formula is C48H61F4N9O6S. The van der Waals surface area contributed by atoms with E-state index in [1.165, 1.54) is 21.8 Å². The van der Waals surface area contributed by atoms with Crippen molar-refractivity contribution in [2.45, 2.75) is 141 Å². The zero-order valence-corrected chi connectivity index (χ0v) is 39.9. The molecule has 1 saturated carbocycles. The first kappa shape index (κ1) is 49.1. The van der Waals surface area contributed by atoms with Gasteiger partial charge in [-0.1, -0.05) is 58.2 Å². The van der Waals surface area contributed by atoms with E-state index in [4.69, 9.17) is 9.47 Å². The number of aliphatic hydroxyl groups is 1. The molecule has 0 radical (unpaired) electrons. The number of likely N-dealkylation sites (tertiary alicyclic amines) is 2. The molecule has 15 nitrogen and oxygen atoms in total. The standard InChI is InChI=1S/C48H61F4N9O6S/c1-29-40(68-28-54-29)31-10-11-32(26-53-42(63)35-25-33(62)27-60(35)43(64)41(46(2,3)4)55-45(65)47(49)18-19-47)37(24-31)67-23-9-7-5-6-8-22-66-36-13-12-34(36)30-16-20-59(21-17-30)39-15-14-38-56-57-44(48(50,51)52)61(38)58-39/h10-13,24,28,30,33,35,41,62H,5-9,14-23,25-27H2,1-4H3,(H,53,63)(H,55,65)/t33-,35?,41-/m1/s1. The van der Waals surface area contributed by atoms with E-state index in [0.717, 1.165) is 77.1 Å². The fraction of sp³-hybridized carbons (Fsp3) is 0.604. The predicted molar refractivity (Wildman–Crippen MR) is 246 cm³/mol. The van der Waals surface area contributed by atoms with E-state index in [9.17, 15) is 37.1 Å². The molecule has 2 aromatic heterocycles. The molecule has 1 unspecified atom stereocenters. The zero-order valence-electron chi connectivity index (χ0n) is 39.0. The highest BCUT2D eigenvalue weighted by molar-refractivity contribution is 7.13. The number of piperidine rings is 1. The lowest BCUT2D eigenvalue weighted by Crippen LogP contribution is -2.59. The summed E-state index contributed by atoms with van der Waals surface area (Å²) >= 11 is 1.53. The Balaban J connectivity index is 0.769. The van der Waals surface area contributed by atoms with Crippen LogP contribution in [0.5, 0.6) is 5.75 Å². The maximum absolute atomic E-state index is 14.6. The number of fused-ring (bicyclic) bond motifs is 1. The van der Waals surface area contributed by atoms with Crippen molar-refractivity contribution in [3.63, 3.8) is 0 Å². The molecule has 20 heteroatoms. The van der Waals surface area contributed by atoms with Crippen LogP contribution in [0.15, 0.2) is 52.3 Å². The number of aromatic nitrogens is 4. The Hall–Kier alpha value is -5.37. The summed E-state index contributed by atoms with van der Waals surface area (Å²) in [4.78, 5) is 49.2. The third kappa shape index (κ3) is 11.2. The minimum Gasteiger partial charge on any atom is -0.493 e. The van der Waals surface area contributed by atoms with Crippen molar-refractivity contribution in [2.24, 2.45) is 16.4 Å². The number of β-amino-alcohol motifs (C(OH)–C–C–N with tert-alkyl or cyclic N) is 1. The number of amidine groups is 1. The summed E-state index contributed by atoms with van der Waals surface area (Å²) in [7, 11) is 0. The molecule has 0 spiro atoms. The van der Waals surface area contributed by atoms with Crippen molar-refractivity contribution >= 4 is 34.9 Å². The van der Waals surface area contributed by atoms with Crippen LogP contribution in [0.1, 0.15) is 114 Å². The number of carbonyl (C=O) groups is 3. The number of amides is 3. The van der Waals surface area contributed by atoms with Gasteiger partial charge in [0.2, 0.25) is 11.8 Å². The lowest BCUT2D eigenvalue weighted by molar-refractivity contribution is -0.147. The average Bonchev–Trinajstić information content (AvgIpc) is 3.57. The monoisotopic (exact) mass is 967 g/mol. The van der Waals surface area contributed by atoms with E-state index in [0.29, 0.717) is 56.6 Å². The number of ether oxygens (including phenoxy) is 2. The quantitative estimate of drug-likeness (QED) is 0.0887. The van der Waals surface area contributed by atoms with Gasteiger partial charge in [-0.05, 0) is 80.1 Å². The van der Waals surface area contributed by atoms with Crippen molar-refractivity contribution in [3.05, 3.63) is 70.1 Å². The highest BCUT2D eigenvalue weighted by atomic mass is 32.1. The number of benzene rings is 1. The largest absolute Gasteiger partial charge is 0.493 e. The van der Waals surface area contributed by atoms with E-state index in [-0.39, 0.29) is 38.2 Å². The molecule has 68 heavy (non-hydrogen) atoms. The SMILES string of the molecule is Cc1ncsc1-c1ccc(CNC(=O)C2C[C@@H](O)CN2C(=O)[C@@H](NC(=O)C2(F)CC2)C(C)(C)C)c(OCCCCCCCOC2=CC=C2C2CCN(C3=Nn4c(nnc4C(F)(F)F)CC3)CC2)c1. The van der Waals surface area contributed by atoms with Gasteiger partial charge in [0, 0.05) is 51.0 Å². The second-order valence-corrected chi connectivity index (χ2v) is 20.4. The third-order valence-corrected chi connectivity index (χ3v) is 14.4. The van der Waals surface area contributed by atoms with Crippen LogP contribution >= 0.6 is 11.3 Å². The lowest BCUT2D eigenvalue weighted by atomic mass is 9.84. The number of aryl methyl sites for hydroxylation is 2. The summed E-state index contributed by atoms with van der Waals surface area (Å²) in [6.07, 6.45) is 6.05. The molecule has 1 aromatic carbocycles. The predicted octanol–water partition coefficient (Wildman–Crippen LogP) is 7.03. The molecule has 2 saturated heterocycles. The smallest absolute Gasteiger partial charge is 0.453 e. The topological polar surface area (TPSA) is 176 Å². The van der Waals surface area contributed by atoms with Gasteiger partial charge in [0.05, 0.1) is 35.4 Å². The van der Waals surface area contributed by atoms with Crippen molar-refractivity contribution in [1.82, 2.24) is 40.3 Å². The number of rotatable bonds is 18. The van der Waals surface area contributed by atoms with Crippen molar-refractivity contribution < 1.29 is 46.5 Å². The van der Waals surface area contributed by atoms with E-state index in [1.807, 2.05) is 31.2 Å². The number of thiazole rings is 1. The van der Waals surface area contributed by atoms with Gasteiger partial charge < -0.3 is 35.0 Å². The molecule has 0 bridgehead atoms. The van der Waals surface area contributed by atoms with Crippen molar-refractivity contribution in [3.8, 4) is 16.2 Å². The molecule has 3 fully saturated rings. The van der Waals surface area contributed by atoms with Gasteiger partial charge in [-0.25, -0.2) is 9.37 Å². The zero-order chi connectivity index (χ0) is 48.4. The number of halogens is 4.